The largest absolute Gasteiger partial charge is 0.387 e. The number of nitrogens with zero attached hydrogens (tertiary/aromatic N) is 3. The fourth-order valence-corrected chi connectivity index (χ4v) is 3.48. The summed E-state index contributed by atoms with van der Waals surface area (Å²) in [6.07, 6.45) is -3.77. The van der Waals surface area contributed by atoms with Crippen molar-refractivity contribution in [1.29, 1.82) is 0 Å². The van der Waals surface area contributed by atoms with E-state index in [0.717, 1.165) is 5.56 Å². The predicted molar refractivity (Wildman–Crippen MR) is 98.1 cm³/mol. The molecule has 2 unspecified atom stereocenters. The second-order valence-electron chi connectivity index (χ2n) is 7.62. The molecule has 2 aliphatic rings. The molecule has 29 heavy (non-hydrogen) atoms. The lowest BCUT2D eigenvalue weighted by molar-refractivity contribution is -0.225. The summed E-state index contributed by atoms with van der Waals surface area (Å²) < 4.78 is 18.2. The summed E-state index contributed by atoms with van der Waals surface area (Å²) in [5.74, 6) is -1.58. The Kier molecular flexibility index (Phi) is 5.36. The Morgan fingerprint density at radius 2 is 2.07 bits per heavy atom. The minimum absolute atomic E-state index is 0.0837. The number of hydrogen-bond acceptors (Lipinski definition) is 8. The standard InChI is InChI=1S/C19H24N4O6/c1-19(2)28-16-13(24)15(27-18(16)29-19)14(25)17(26)20-8-12-10-23(22-21-12)9-11-6-4-3-5-7-11/h3-7,10,13-16,18,24-25H,8-9H2,1-2H3,(H,20,26)/t13?,14-,15-,16?,18+/m0/s1. The van der Waals surface area contributed by atoms with Gasteiger partial charge in [0.2, 0.25) is 0 Å². The van der Waals surface area contributed by atoms with Gasteiger partial charge < -0.3 is 29.7 Å². The van der Waals surface area contributed by atoms with Crippen LogP contribution >= 0.6 is 0 Å². The zero-order valence-electron chi connectivity index (χ0n) is 16.1. The van der Waals surface area contributed by atoms with Gasteiger partial charge in [0.05, 0.1) is 19.3 Å². The van der Waals surface area contributed by atoms with Crippen LogP contribution in [0.15, 0.2) is 36.5 Å². The van der Waals surface area contributed by atoms with Crippen LogP contribution in [-0.4, -0.2) is 67.6 Å². The van der Waals surface area contributed by atoms with Gasteiger partial charge in [-0.3, -0.25) is 4.79 Å². The molecule has 156 valence electrons. The topological polar surface area (TPSA) is 128 Å². The van der Waals surface area contributed by atoms with Crippen LogP contribution < -0.4 is 5.32 Å². The van der Waals surface area contributed by atoms with Gasteiger partial charge in [0.25, 0.3) is 5.91 Å². The molecule has 0 radical (unpaired) electrons. The first-order chi connectivity index (χ1) is 13.8. The molecule has 3 N–H and O–H groups in total. The summed E-state index contributed by atoms with van der Waals surface area (Å²) >= 11 is 0. The van der Waals surface area contributed by atoms with Crippen molar-refractivity contribution in [3.8, 4) is 0 Å². The molecule has 3 heterocycles. The van der Waals surface area contributed by atoms with Gasteiger partial charge in [0.1, 0.15) is 24.0 Å². The molecule has 4 rings (SSSR count). The minimum Gasteiger partial charge on any atom is -0.387 e. The minimum atomic E-state index is -1.58. The second kappa shape index (κ2) is 7.81. The highest BCUT2D eigenvalue weighted by molar-refractivity contribution is 5.81. The first-order valence-corrected chi connectivity index (χ1v) is 9.40. The van der Waals surface area contributed by atoms with Crippen LogP contribution in [0.3, 0.4) is 0 Å². The maximum atomic E-state index is 12.3. The van der Waals surface area contributed by atoms with Crippen molar-refractivity contribution in [1.82, 2.24) is 20.3 Å². The van der Waals surface area contributed by atoms with E-state index in [2.05, 4.69) is 15.6 Å². The lowest BCUT2D eigenvalue weighted by Crippen LogP contribution is -2.48. The molecule has 0 aliphatic carbocycles. The molecule has 0 saturated carbocycles. The predicted octanol–water partition coefficient (Wildman–Crippen LogP) is -0.459. The van der Waals surface area contributed by atoms with Crippen LogP contribution in [0.2, 0.25) is 0 Å². The lowest BCUT2D eigenvalue weighted by atomic mass is 10.1. The number of benzene rings is 1. The Balaban J connectivity index is 1.29. The van der Waals surface area contributed by atoms with Crippen molar-refractivity contribution in [2.75, 3.05) is 0 Å². The molecule has 1 amide bonds. The first kappa shape index (κ1) is 19.9. The van der Waals surface area contributed by atoms with E-state index in [9.17, 15) is 15.0 Å². The third kappa shape index (κ3) is 4.31. The molecule has 2 aromatic rings. The van der Waals surface area contributed by atoms with Crippen LogP contribution in [0.1, 0.15) is 25.1 Å². The van der Waals surface area contributed by atoms with Gasteiger partial charge in [-0.25, -0.2) is 4.68 Å². The number of aromatic nitrogens is 3. The average Bonchev–Trinajstić information content (AvgIpc) is 3.34. The number of hydrogen-bond donors (Lipinski definition) is 3. The highest BCUT2D eigenvalue weighted by Gasteiger charge is 2.56. The van der Waals surface area contributed by atoms with Crippen LogP contribution in [0, 0.1) is 0 Å². The van der Waals surface area contributed by atoms with E-state index in [1.807, 2.05) is 30.3 Å². The zero-order valence-corrected chi connectivity index (χ0v) is 16.1. The second-order valence-corrected chi connectivity index (χ2v) is 7.62. The number of carbonyl (C=O) groups is 1. The molecule has 5 atom stereocenters. The summed E-state index contributed by atoms with van der Waals surface area (Å²) in [4.78, 5) is 12.3. The number of aliphatic hydroxyl groups excluding tert-OH is 2. The Hall–Kier alpha value is -2.37. The summed E-state index contributed by atoms with van der Waals surface area (Å²) in [5, 5.41) is 31.3. The number of nitrogens with one attached hydrogen (secondary N) is 1. The monoisotopic (exact) mass is 404 g/mol. The fraction of sp³-hybridized carbons (Fsp3) is 0.526. The zero-order chi connectivity index (χ0) is 20.6. The molecule has 1 aromatic heterocycles. The first-order valence-electron chi connectivity index (χ1n) is 9.40. The van der Waals surface area contributed by atoms with Gasteiger partial charge in [-0.15, -0.1) is 5.10 Å². The molecular formula is C19H24N4O6. The third-order valence-corrected chi connectivity index (χ3v) is 4.85. The number of aliphatic hydroxyl groups is 2. The van der Waals surface area contributed by atoms with Crippen molar-refractivity contribution in [3.63, 3.8) is 0 Å². The Labute approximate surface area is 167 Å². The molecule has 10 nitrogen and oxygen atoms in total. The lowest BCUT2D eigenvalue weighted by Gasteiger charge is -2.25. The van der Waals surface area contributed by atoms with Crippen LogP contribution in [0.5, 0.6) is 0 Å². The van der Waals surface area contributed by atoms with Crippen molar-refractivity contribution in [3.05, 3.63) is 47.8 Å². The number of ether oxygens (including phenoxy) is 3. The number of amides is 1. The summed E-state index contributed by atoms with van der Waals surface area (Å²) in [6, 6.07) is 9.79. The van der Waals surface area contributed by atoms with Crippen molar-refractivity contribution in [2.24, 2.45) is 0 Å². The highest BCUT2D eigenvalue weighted by atomic mass is 16.8. The number of carbonyl (C=O) groups excluding carboxylic acids is 1. The van der Waals surface area contributed by atoms with Gasteiger partial charge in [-0.1, -0.05) is 35.5 Å². The smallest absolute Gasteiger partial charge is 0.251 e. The summed E-state index contributed by atoms with van der Waals surface area (Å²) in [6.45, 7) is 4.04. The van der Waals surface area contributed by atoms with Gasteiger partial charge in [0.15, 0.2) is 18.2 Å². The Bertz CT molecular complexity index is 857. The Morgan fingerprint density at radius 1 is 1.31 bits per heavy atom. The van der Waals surface area contributed by atoms with Crippen molar-refractivity contribution in [2.45, 2.75) is 63.4 Å². The highest BCUT2D eigenvalue weighted by Crippen LogP contribution is 2.38. The van der Waals surface area contributed by atoms with E-state index in [-0.39, 0.29) is 6.54 Å². The molecule has 0 spiro atoms. The molecule has 10 heteroatoms. The molecular weight excluding hydrogens is 380 g/mol. The molecule has 2 saturated heterocycles. The van der Waals surface area contributed by atoms with Crippen molar-refractivity contribution >= 4 is 5.91 Å². The quantitative estimate of drug-likeness (QED) is 0.590. The van der Waals surface area contributed by atoms with E-state index >= 15 is 0 Å². The van der Waals surface area contributed by atoms with E-state index in [1.165, 1.54) is 0 Å². The van der Waals surface area contributed by atoms with Gasteiger partial charge in [0, 0.05) is 0 Å². The number of rotatable bonds is 6. The third-order valence-electron chi connectivity index (χ3n) is 4.85. The van der Waals surface area contributed by atoms with E-state index in [1.54, 1.807) is 24.7 Å². The van der Waals surface area contributed by atoms with Crippen molar-refractivity contribution < 1.29 is 29.2 Å². The van der Waals surface area contributed by atoms with Crippen LogP contribution in [0.25, 0.3) is 0 Å². The number of fused-ring (bicyclic) bond motifs is 1. The maximum absolute atomic E-state index is 12.3. The molecule has 1 aromatic carbocycles. The Morgan fingerprint density at radius 3 is 2.79 bits per heavy atom. The van der Waals surface area contributed by atoms with Gasteiger partial charge in [-0.05, 0) is 19.4 Å². The fourth-order valence-electron chi connectivity index (χ4n) is 3.48. The summed E-state index contributed by atoms with van der Waals surface area (Å²) in [7, 11) is 0. The van der Waals surface area contributed by atoms with Gasteiger partial charge >= 0.3 is 0 Å². The summed E-state index contributed by atoms with van der Waals surface area (Å²) in [5.41, 5.74) is 1.62. The maximum Gasteiger partial charge on any atom is 0.251 e. The average molecular weight is 404 g/mol. The SMILES string of the molecule is CC1(C)OC2C(O)[C@@H]([C@H](O)C(=O)NCc3cn(Cc4ccccc4)nn3)O[C@@H]2O1. The van der Waals surface area contributed by atoms with Gasteiger partial charge in [-0.2, -0.15) is 0 Å². The van der Waals surface area contributed by atoms with Crippen LogP contribution in [-0.2, 0) is 32.1 Å². The molecule has 0 bridgehead atoms. The van der Waals surface area contributed by atoms with E-state index < -0.39 is 42.4 Å². The molecule has 2 aliphatic heterocycles. The normalized spacial score (nSPS) is 28.8. The van der Waals surface area contributed by atoms with E-state index in [0.29, 0.717) is 12.2 Å². The van der Waals surface area contributed by atoms with E-state index in [4.69, 9.17) is 14.2 Å². The molecule has 2 fully saturated rings. The van der Waals surface area contributed by atoms with Crippen LogP contribution in [0.4, 0.5) is 0 Å².